The van der Waals surface area contributed by atoms with Crippen molar-refractivity contribution in [3.8, 4) is 0 Å². The second-order valence-corrected chi connectivity index (χ2v) is 2.64. The van der Waals surface area contributed by atoms with Crippen molar-refractivity contribution in [2.45, 2.75) is 0 Å². The molecule has 0 saturated heterocycles. The number of rotatable bonds is 0. The van der Waals surface area contributed by atoms with Crippen LogP contribution >= 0.6 is 11.3 Å². The Morgan fingerprint density at radius 1 is 1.40 bits per heavy atom. The molecule has 0 fully saturated rings. The molecule has 2 aromatic rings. The minimum absolute atomic E-state index is 0.447. The van der Waals surface area contributed by atoms with Gasteiger partial charge in [0.25, 0.3) is 0 Å². The van der Waals surface area contributed by atoms with Crippen molar-refractivity contribution in [1.82, 2.24) is 9.97 Å². The summed E-state index contributed by atoms with van der Waals surface area (Å²) in [6.07, 6.45) is 0. The van der Waals surface area contributed by atoms with Gasteiger partial charge in [0.05, 0.1) is 5.51 Å². The standard InChI is InChI=1S/C6H3FN2S/c7-5-2-1-4-6(9-5)10-3-8-4/h1-3H. The van der Waals surface area contributed by atoms with Crippen molar-refractivity contribution in [3.63, 3.8) is 0 Å². The third kappa shape index (κ3) is 0.769. The maximum absolute atomic E-state index is 12.4. The number of hydrogen-bond donors (Lipinski definition) is 0. The summed E-state index contributed by atoms with van der Waals surface area (Å²) in [5.74, 6) is -0.447. The van der Waals surface area contributed by atoms with Gasteiger partial charge >= 0.3 is 0 Å². The monoisotopic (exact) mass is 154 g/mol. The van der Waals surface area contributed by atoms with E-state index in [0.717, 1.165) is 5.52 Å². The summed E-state index contributed by atoms with van der Waals surface area (Å²) < 4.78 is 12.4. The Morgan fingerprint density at radius 3 is 3.20 bits per heavy atom. The van der Waals surface area contributed by atoms with Crippen LogP contribution in [0.1, 0.15) is 0 Å². The lowest BCUT2D eigenvalue weighted by Crippen LogP contribution is -1.78. The van der Waals surface area contributed by atoms with E-state index in [4.69, 9.17) is 0 Å². The molecule has 50 valence electrons. The van der Waals surface area contributed by atoms with Crippen LogP contribution in [0.25, 0.3) is 10.3 Å². The Labute approximate surface area is 60.4 Å². The van der Waals surface area contributed by atoms with E-state index in [1.165, 1.54) is 17.4 Å². The molecular weight excluding hydrogens is 151 g/mol. The van der Waals surface area contributed by atoms with E-state index in [1.54, 1.807) is 11.6 Å². The fourth-order valence-corrected chi connectivity index (χ4v) is 1.38. The van der Waals surface area contributed by atoms with Crippen LogP contribution in [0.5, 0.6) is 0 Å². The molecular formula is C6H3FN2S. The lowest BCUT2D eigenvalue weighted by molar-refractivity contribution is 0.589. The fraction of sp³-hybridized carbons (Fsp3) is 0. The molecule has 0 spiro atoms. The molecule has 0 saturated carbocycles. The summed E-state index contributed by atoms with van der Waals surface area (Å²) in [5, 5.41) is 0. The predicted octanol–water partition coefficient (Wildman–Crippen LogP) is 1.83. The SMILES string of the molecule is Fc1ccc2ncsc2n1. The summed E-state index contributed by atoms with van der Waals surface area (Å²) in [7, 11) is 0. The lowest BCUT2D eigenvalue weighted by Gasteiger charge is -1.84. The fourth-order valence-electron chi connectivity index (χ4n) is 0.729. The van der Waals surface area contributed by atoms with Crippen LogP contribution in [0.3, 0.4) is 0 Å². The Bertz CT molecular complexity index is 357. The van der Waals surface area contributed by atoms with Crippen molar-refractivity contribution in [1.29, 1.82) is 0 Å². The summed E-state index contributed by atoms with van der Waals surface area (Å²) in [6.45, 7) is 0. The number of hydrogen-bond acceptors (Lipinski definition) is 3. The van der Waals surface area contributed by atoms with Gasteiger partial charge in [-0.25, -0.2) is 9.97 Å². The van der Waals surface area contributed by atoms with Gasteiger partial charge in [0.2, 0.25) is 5.95 Å². The Hall–Kier alpha value is -1.03. The molecule has 4 heteroatoms. The zero-order valence-corrected chi connectivity index (χ0v) is 5.73. The van der Waals surface area contributed by atoms with Crippen LogP contribution in [0.4, 0.5) is 4.39 Å². The number of pyridine rings is 1. The van der Waals surface area contributed by atoms with Gasteiger partial charge < -0.3 is 0 Å². The van der Waals surface area contributed by atoms with E-state index < -0.39 is 5.95 Å². The second kappa shape index (κ2) is 1.98. The lowest BCUT2D eigenvalue weighted by atomic mass is 10.4. The Morgan fingerprint density at radius 2 is 2.30 bits per heavy atom. The average molecular weight is 154 g/mol. The number of halogens is 1. The third-order valence-corrected chi connectivity index (χ3v) is 1.90. The second-order valence-electron chi connectivity index (χ2n) is 1.81. The molecule has 2 heterocycles. The van der Waals surface area contributed by atoms with E-state index in [9.17, 15) is 4.39 Å². The van der Waals surface area contributed by atoms with Crippen molar-refractivity contribution >= 4 is 21.7 Å². The van der Waals surface area contributed by atoms with E-state index >= 15 is 0 Å². The first-order chi connectivity index (χ1) is 4.86. The topological polar surface area (TPSA) is 25.8 Å². The van der Waals surface area contributed by atoms with Gasteiger partial charge in [-0.3, -0.25) is 0 Å². The molecule has 0 aliphatic carbocycles. The number of nitrogens with zero attached hydrogens (tertiary/aromatic N) is 2. The van der Waals surface area contributed by atoms with Gasteiger partial charge in [-0.1, -0.05) is 0 Å². The molecule has 0 bridgehead atoms. The molecule has 0 aromatic carbocycles. The van der Waals surface area contributed by atoms with Crippen molar-refractivity contribution in [2.24, 2.45) is 0 Å². The highest BCUT2D eigenvalue weighted by atomic mass is 32.1. The van der Waals surface area contributed by atoms with Gasteiger partial charge in [-0.05, 0) is 12.1 Å². The minimum Gasteiger partial charge on any atom is -0.243 e. The zero-order valence-electron chi connectivity index (χ0n) is 4.91. The smallest absolute Gasteiger partial charge is 0.214 e. The van der Waals surface area contributed by atoms with Crippen LogP contribution in [0, 0.1) is 5.95 Å². The minimum atomic E-state index is -0.447. The van der Waals surface area contributed by atoms with Crippen molar-refractivity contribution < 1.29 is 4.39 Å². The summed E-state index contributed by atoms with van der Waals surface area (Å²) in [4.78, 5) is 8.23. The first kappa shape index (κ1) is 5.73. The number of aromatic nitrogens is 2. The quantitative estimate of drug-likeness (QED) is 0.541. The largest absolute Gasteiger partial charge is 0.243 e. The summed E-state index contributed by atoms with van der Waals surface area (Å²) in [5.41, 5.74) is 2.41. The van der Waals surface area contributed by atoms with Gasteiger partial charge in [0.15, 0.2) is 0 Å². The third-order valence-electron chi connectivity index (χ3n) is 1.16. The summed E-state index contributed by atoms with van der Waals surface area (Å²) in [6, 6.07) is 2.93. The molecule has 0 aliphatic rings. The van der Waals surface area contributed by atoms with Crippen molar-refractivity contribution in [3.05, 3.63) is 23.6 Å². The molecule has 2 rings (SSSR count). The highest BCUT2D eigenvalue weighted by molar-refractivity contribution is 7.16. The first-order valence-electron chi connectivity index (χ1n) is 2.72. The predicted molar refractivity (Wildman–Crippen MR) is 37.4 cm³/mol. The average Bonchev–Trinajstić information content (AvgIpc) is 2.33. The molecule has 2 nitrogen and oxygen atoms in total. The van der Waals surface area contributed by atoms with Crippen molar-refractivity contribution in [2.75, 3.05) is 0 Å². The molecule has 0 unspecified atom stereocenters. The molecule has 0 radical (unpaired) electrons. The van der Waals surface area contributed by atoms with Crippen LogP contribution in [-0.4, -0.2) is 9.97 Å². The number of fused-ring (bicyclic) bond motifs is 1. The van der Waals surface area contributed by atoms with Crippen LogP contribution in [-0.2, 0) is 0 Å². The van der Waals surface area contributed by atoms with E-state index in [0.29, 0.717) is 4.83 Å². The number of thiazole rings is 1. The van der Waals surface area contributed by atoms with Crippen LogP contribution in [0.15, 0.2) is 17.6 Å². The van der Waals surface area contributed by atoms with Crippen LogP contribution in [0.2, 0.25) is 0 Å². The molecule has 0 N–H and O–H groups in total. The molecule has 0 atom stereocenters. The normalized spacial score (nSPS) is 10.5. The van der Waals surface area contributed by atoms with Gasteiger partial charge in [-0.2, -0.15) is 4.39 Å². The Kier molecular flexibility index (Phi) is 1.14. The van der Waals surface area contributed by atoms with E-state index in [1.807, 2.05) is 0 Å². The molecule has 0 aliphatic heterocycles. The molecule has 0 amide bonds. The first-order valence-corrected chi connectivity index (χ1v) is 3.60. The van der Waals surface area contributed by atoms with Crippen LogP contribution < -0.4 is 0 Å². The maximum atomic E-state index is 12.4. The highest BCUT2D eigenvalue weighted by Gasteiger charge is 1.97. The zero-order chi connectivity index (χ0) is 6.97. The van der Waals surface area contributed by atoms with Gasteiger partial charge in [0, 0.05) is 0 Å². The van der Waals surface area contributed by atoms with E-state index in [2.05, 4.69) is 9.97 Å². The van der Waals surface area contributed by atoms with Gasteiger partial charge in [0.1, 0.15) is 10.3 Å². The molecule has 10 heavy (non-hydrogen) atoms. The Balaban J connectivity index is 2.86. The highest BCUT2D eigenvalue weighted by Crippen LogP contribution is 2.13. The maximum Gasteiger partial charge on any atom is 0.214 e. The molecule has 2 aromatic heterocycles. The van der Waals surface area contributed by atoms with E-state index in [-0.39, 0.29) is 0 Å². The van der Waals surface area contributed by atoms with Gasteiger partial charge in [-0.15, -0.1) is 11.3 Å². The summed E-state index contributed by atoms with van der Waals surface area (Å²) >= 11 is 1.34.